The zero-order valence-corrected chi connectivity index (χ0v) is 14.9. The fraction of sp³-hybridized carbons (Fsp3) is 0.0625. The number of nitrogens with one attached hydrogen (secondary N) is 2. The summed E-state index contributed by atoms with van der Waals surface area (Å²) < 4.78 is 5.88. The predicted molar refractivity (Wildman–Crippen MR) is 97.8 cm³/mol. The van der Waals surface area contributed by atoms with Crippen LogP contribution in [0.5, 0.6) is 5.75 Å². The van der Waals surface area contributed by atoms with Crippen LogP contribution in [0, 0.1) is 0 Å². The zero-order chi connectivity index (χ0) is 17.7. The van der Waals surface area contributed by atoms with Crippen molar-refractivity contribution in [2.75, 3.05) is 12.4 Å². The fourth-order valence-corrected chi connectivity index (χ4v) is 2.49. The van der Waals surface area contributed by atoms with Crippen molar-refractivity contribution in [3.8, 4) is 5.75 Å². The minimum Gasteiger partial charge on any atom is -0.496 e. The maximum absolute atomic E-state index is 12.3. The minimum atomic E-state index is -1.05. The number of halogens is 1. The standard InChI is InChI=1S/C16H13BrN2O4S/c1-23-13-6-5-10(17)8-12(13)14(20)19-16(24)18-11-4-2-3-9(7-11)15(21)22/h2-8H,1H3,(H,21,22)(H2,18,19,20,24). The first kappa shape index (κ1) is 17.9. The largest absolute Gasteiger partial charge is 0.496 e. The first-order chi connectivity index (χ1) is 11.4. The van der Waals surface area contributed by atoms with Gasteiger partial charge >= 0.3 is 5.97 Å². The number of rotatable bonds is 4. The molecule has 0 bridgehead atoms. The maximum Gasteiger partial charge on any atom is 0.335 e. The second-order valence-electron chi connectivity index (χ2n) is 4.64. The molecule has 24 heavy (non-hydrogen) atoms. The number of carboxylic acid groups (broad SMARTS) is 1. The van der Waals surface area contributed by atoms with Gasteiger partial charge in [-0.1, -0.05) is 22.0 Å². The summed E-state index contributed by atoms with van der Waals surface area (Å²) in [6.45, 7) is 0. The SMILES string of the molecule is COc1ccc(Br)cc1C(=O)NC(=S)Nc1cccc(C(=O)O)c1. The third-order valence-electron chi connectivity index (χ3n) is 3.00. The van der Waals surface area contributed by atoms with E-state index in [9.17, 15) is 9.59 Å². The van der Waals surface area contributed by atoms with E-state index >= 15 is 0 Å². The van der Waals surface area contributed by atoms with E-state index < -0.39 is 11.9 Å². The molecule has 3 N–H and O–H groups in total. The van der Waals surface area contributed by atoms with Crippen molar-refractivity contribution in [2.24, 2.45) is 0 Å². The van der Waals surface area contributed by atoms with Crippen LogP contribution in [-0.2, 0) is 0 Å². The Morgan fingerprint density at radius 1 is 1.21 bits per heavy atom. The molecule has 0 aliphatic carbocycles. The third-order valence-corrected chi connectivity index (χ3v) is 3.70. The summed E-state index contributed by atoms with van der Waals surface area (Å²) in [5.41, 5.74) is 0.888. The van der Waals surface area contributed by atoms with Crippen molar-refractivity contribution in [1.82, 2.24) is 5.32 Å². The lowest BCUT2D eigenvalue weighted by Crippen LogP contribution is -2.34. The van der Waals surface area contributed by atoms with Crippen molar-refractivity contribution in [3.63, 3.8) is 0 Å². The van der Waals surface area contributed by atoms with Crippen molar-refractivity contribution in [3.05, 3.63) is 58.1 Å². The highest BCUT2D eigenvalue weighted by molar-refractivity contribution is 9.10. The molecule has 1 amide bonds. The number of ether oxygens (including phenoxy) is 1. The molecular weight excluding hydrogens is 396 g/mol. The zero-order valence-electron chi connectivity index (χ0n) is 12.5. The van der Waals surface area contributed by atoms with Crippen LogP contribution in [-0.4, -0.2) is 29.2 Å². The summed E-state index contributed by atoms with van der Waals surface area (Å²) in [7, 11) is 1.47. The normalized spacial score (nSPS) is 9.92. The molecule has 0 spiro atoms. The molecule has 0 saturated carbocycles. The van der Waals surface area contributed by atoms with Crippen molar-refractivity contribution < 1.29 is 19.4 Å². The highest BCUT2D eigenvalue weighted by Gasteiger charge is 2.14. The summed E-state index contributed by atoms with van der Waals surface area (Å²) >= 11 is 8.39. The predicted octanol–water partition coefficient (Wildman–Crippen LogP) is 3.28. The van der Waals surface area contributed by atoms with Gasteiger partial charge in [-0.05, 0) is 48.6 Å². The number of amides is 1. The summed E-state index contributed by atoms with van der Waals surface area (Å²) in [4.78, 5) is 23.3. The van der Waals surface area contributed by atoms with Crippen LogP contribution < -0.4 is 15.4 Å². The van der Waals surface area contributed by atoms with Gasteiger partial charge in [0.05, 0.1) is 18.2 Å². The molecule has 2 aromatic rings. The van der Waals surface area contributed by atoms with Crippen LogP contribution in [0.15, 0.2) is 46.9 Å². The van der Waals surface area contributed by atoms with Gasteiger partial charge in [0, 0.05) is 10.2 Å². The number of carboxylic acids is 1. The Morgan fingerprint density at radius 2 is 1.96 bits per heavy atom. The Morgan fingerprint density at radius 3 is 2.62 bits per heavy atom. The van der Waals surface area contributed by atoms with Crippen LogP contribution in [0.4, 0.5) is 5.69 Å². The van der Waals surface area contributed by atoms with Crippen molar-refractivity contribution in [1.29, 1.82) is 0 Å². The first-order valence-corrected chi connectivity index (χ1v) is 7.90. The summed E-state index contributed by atoms with van der Waals surface area (Å²) in [6.07, 6.45) is 0. The molecule has 0 atom stereocenters. The van der Waals surface area contributed by atoms with Crippen LogP contribution in [0.2, 0.25) is 0 Å². The molecule has 6 nitrogen and oxygen atoms in total. The van der Waals surface area contributed by atoms with Gasteiger partial charge in [-0.3, -0.25) is 10.1 Å². The molecular formula is C16H13BrN2O4S. The molecule has 0 aromatic heterocycles. The quantitative estimate of drug-likeness (QED) is 0.672. The lowest BCUT2D eigenvalue weighted by molar-refractivity contribution is 0.0696. The Bertz CT molecular complexity index is 810. The number of carbonyl (C=O) groups is 2. The fourth-order valence-electron chi connectivity index (χ4n) is 1.92. The maximum atomic E-state index is 12.3. The molecule has 0 aliphatic rings. The smallest absolute Gasteiger partial charge is 0.335 e. The van der Waals surface area contributed by atoms with Crippen LogP contribution in [0.25, 0.3) is 0 Å². The van der Waals surface area contributed by atoms with E-state index in [0.717, 1.165) is 4.47 Å². The van der Waals surface area contributed by atoms with Crippen LogP contribution in [0.3, 0.4) is 0 Å². The summed E-state index contributed by atoms with van der Waals surface area (Å²) in [6, 6.07) is 11.1. The van der Waals surface area contributed by atoms with Gasteiger partial charge < -0.3 is 15.2 Å². The topological polar surface area (TPSA) is 87.7 Å². The average Bonchev–Trinajstić information content (AvgIpc) is 2.54. The van der Waals surface area contributed by atoms with Gasteiger partial charge in [0.2, 0.25) is 0 Å². The second-order valence-corrected chi connectivity index (χ2v) is 5.96. The Kier molecular flexibility index (Phi) is 5.88. The number of carbonyl (C=O) groups excluding carboxylic acids is 1. The van der Waals surface area contributed by atoms with E-state index in [1.807, 2.05) is 0 Å². The molecule has 2 rings (SSSR count). The lowest BCUT2D eigenvalue weighted by atomic mass is 10.2. The van der Waals surface area contributed by atoms with E-state index in [-0.39, 0.29) is 10.7 Å². The van der Waals surface area contributed by atoms with Crippen LogP contribution >= 0.6 is 28.1 Å². The van der Waals surface area contributed by atoms with E-state index in [2.05, 4.69) is 26.6 Å². The van der Waals surface area contributed by atoms with Crippen molar-refractivity contribution >= 4 is 50.8 Å². The first-order valence-electron chi connectivity index (χ1n) is 6.70. The molecule has 0 radical (unpaired) electrons. The van der Waals surface area contributed by atoms with E-state index in [1.165, 1.54) is 19.2 Å². The van der Waals surface area contributed by atoms with Gasteiger partial charge in [-0.15, -0.1) is 0 Å². The van der Waals surface area contributed by atoms with Gasteiger partial charge in [-0.25, -0.2) is 4.79 Å². The second kappa shape index (κ2) is 7.89. The molecule has 0 unspecified atom stereocenters. The minimum absolute atomic E-state index is 0.0459. The number of hydrogen-bond donors (Lipinski definition) is 3. The lowest BCUT2D eigenvalue weighted by Gasteiger charge is -2.12. The van der Waals surface area contributed by atoms with Gasteiger partial charge in [0.15, 0.2) is 5.11 Å². The molecule has 2 aromatic carbocycles. The molecule has 0 heterocycles. The molecule has 0 aliphatic heterocycles. The number of hydrogen-bond acceptors (Lipinski definition) is 4. The highest BCUT2D eigenvalue weighted by atomic mass is 79.9. The number of aromatic carboxylic acids is 1. The van der Waals surface area contributed by atoms with Gasteiger partial charge in [0.1, 0.15) is 5.75 Å². The van der Waals surface area contributed by atoms with E-state index in [0.29, 0.717) is 17.0 Å². The van der Waals surface area contributed by atoms with Crippen LogP contribution in [0.1, 0.15) is 20.7 Å². The summed E-state index contributed by atoms with van der Waals surface area (Å²) in [5, 5.41) is 14.3. The average molecular weight is 409 g/mol. The van der Waals surface area contributed by atoms with Gasteiger partial charge in [0.25, 0.3) is 5.91 Å². The van der Waals surface area contributed by atoms with E-state index in [1.54, 1.807) is 30.3 Å². The van der Waals surface area contributed by atoms with E-state index in [4.69, 9.17) is 22.1 Å². The Labute approximate surface area is 152 Å². The summed E-state index contributed by atoms with van der Waals surface area (Å²) in [5.74, 6) is -1.08. The number of methoxy groups -OCH3 is 1. The van der Waals surface area contributed by atoms with Crippen molar-refractivity contribution in [2.45, 2.75) is 0 Å². The molecule has 8 heteroatoms. The Hall–Kier alpha value is -2.45. The number of thiocarbonyl (C=S) groups is 1. The molecule has 0 fully saturated rings. The Balaban J connectivity index is 2.10. The monoisotopic (exact) mass is 408 g/mol. The molecule has 0 saturated heterocycles. The number of benzene rings is 2. The number of anilines is 1. The highest BCUT2D eigenvalue weighted by Crippen LogP contribution is 2.22. The third kappa shape index (κ3) is 4.53. The van der Waals surface area contributed by atoms with Gasteiger partial charge in [-0.2, -0.15) is 0 Å². The molecule has 124 valence electrons.